The fourth-order valence-electron chi connectivity index (χ4n) is 2.43. The molecule has 0 aliphatic rings. The SMILES string of the molecule is CCCCCNc1ccc(C(=O)N(CC)Cc2ccccc2)nn1. The Hall–Kier alpha value is -2.43. The molecule has 5 nitrogen and oxygen atoms in total. The third-order valence-corrected chi connectivity index (χ3v) is 3.86. The molecule has 1 heterocycles. The number of unbranched alkanes of at least 4 members (excludes halogenated alkanes) is 2. The summed E-state index contributed by atoms with van der Waals surface area (Å²) in [4.78, 5) is 14.4. The van der Waals surface area contributed by atoms with E-state index in [0.29, 0.717) is 24.6 Å². The maximum Gasteiger partial charge on any atom is 0.274 e. The molecular weight excluding hydrogens is 300 g/mol. The Morgan fingerprint density at radius 1 is 1.04 bits per heavy atom. The van der Waals surface area contributed by atoms with Gasteiger partial charge in [0.1, 0.15) is 5.82 Å². The molecule has 1 aromatic carbocycles. The maximum atomic E-state index is 12.6. The van der Waals surface area contributed by atoms with Gasteiger partial charge in [-0.15, -0.1) is 10.2 Å². The molecule has 0 aliphatic heterocycles. The van der Waals surface area contributed by atoms with E-state index >= 15 is 0 Å². The highest BCUT2D eigenvalue weighted by atomic mass is 16.2. The van der Waals surface area contributed by atoms with Crippen LogP contribution < -0.4 is 5.32 Å². The van der Waals surface area contributed by atoms with Gasteiger partial charge in [0.15, 0.2) is 5.69 Å². The molecule has 24 heavy (non-hydrogen) atoms. The number of rotatable bonds is 9. The minimum absolute atomic E-state index is 0.0913. The third kappa shape index (κ3) is 5.33. The standard InChI is InChI=1S/C19H26N4O/c1-3-5-9-14-20-18-13-12-17(21-22-18)19(24)23(4-2)15-16-10-7-6-8-11-16/h6-8,10-13H,3-5,9,14-15H2,1-2H3,(H,20,22). The highest BCUT2D eigenvalue weighted by Crippen LogP contribution is 2.10. The normalized spacial score (nSPS) is 10.4. The van der Waals surface area contributed by atoms with Gasteiger partial charge in [0, 0.05) is 19.6 Å². The molecule has 128 valence electrons. The van der Waals surface area contributed by atoms with E-state index in [4.69, 9.17) is 0 Å². The van der Waals surface area contributed by atoms with Gasteiger partial charge in [0.25, 0.3) is 5.91 Å². The van der Waals surface area contributed by atoms with Crippen molar-refractivity contribution in [2.24, 2.45) is 0 Å². The van der Waals surface area contributed by atoms with Crippen LogP contribution >= 0.6 is 0 Å². The first-order chi connectivity index (χ1) is 11.7. The molecule has 2 aromatic rings. The van der Waals surface area contributed by atoms with Crippen LogP contribution in [0.4, 0.5) is 5.82 Å². The number of carbonyl (C=O) groups excluding carboxylic acids is 1. The lowest BCUT2D eigenvalue weighted by molar-refractivity contribution is 0.0745. The maximum absolute atomic E-state index is 12.6. The number of nitrogens with zero attached hydrogens (tertiary/aromatic N) is 3. The van der Waals surface area contributed by atoms with Gasteiger partial charge in [0.2, 0.25) is 0 Å². The number of anilines is 1. The number of hydrogen-bond donors (Lipinski definition) is 1. The largest absolute Gasteiger partial charge is 0.369 e. The van der Waals surface area contributed by atoms with E-state index in [2.05, 4.69) is 22.4 Å². The quantitative estimate of drug-likeness (QED) is 0.713. The van der Waals surface area contributed by atoms with Crippen molar-refractivity contribution in [2.45, 2.75) is 39.7 Å². The Kier molecular flexibility index (Phi) is 7.21. The second-order valence-electron chi connectivity index (χ2n) is 5.74. The Morgan fingerprint density at radius 3 is 2.46 bits per heavy atom. The third-order valence-electron chi connectivity index (χ3n) is 3.86. The minimum atomic E-state index is -0.0913. The van der Waals surface area contributed by atoms with E-state index in [9.17, 15) is 4.79 Å². The summed E-state index contributed by atoms with van der Waals surface area (Å²) < 4.78 is 0. The molecule has 0 spiro atoms. The lowest BCUT2D eigenvalue weighted by atomic mass is 10.2. The second kappa shape index (κ2) is 9.65. The van der Waals surface area contributed by atoms with E-state index in [0.717, 1.165) is 18.5 Å². The first-order valence-electron chi connectivity index (χ1n) is 8.65. The van der Waals surface area contributed by atoms with Gasteiger partial charge in [-0.2, -0.15) is 0 Å². The Balaban J connectivity index is 1.94. The average molecular weight is 326 g/mol. The van der Waals surface area contributed by atoms with E-state index < -0.39 is 0 Å². The fraction of sp³-hybridized carbons (Fsp3) is 0.421. The van der Waals surface area contributed by atoms with Crippen molar-refractivity contribution >= 4 is 11.7 Å². The van der Waals surface area contributed by atoms with Crippen molar-refractivity contribution in [2.75, 3.05) is 18.4 Å². The molecule has 0 aliphatic carbocycles. The molecule has 0 radical (unpaired) electrons. The van der Waals surface area contributed by atoms with E-state index in [1.54, 1.807) is 11.0 Å². The first-order valence-corrected chi connectivity index (χ1v) is 8.65. The van der Waals surface area contributed by atoms with Crippen molar-refractivity contribution in [1.29, 1.82) is 0 Å². The molecule has 0 saturated carbocycles. The molecule has 1 aromatic heterocycles. The van der Waals surface area contributed by atoms with Crippen molar-refractivity contribution in [1.82, 2.24) is 15.1 Å². The highest BCUT2D eigenvalue weighted by Gasteiger charge is 2.16. The van der Waals surface area contributed by atoms with Crippen LogP contribution in [-0.4, -0.2) is 34.1 Å². The summed E-state index contributed by atoms with van der Waals surface area (Å²) in [5.74, 6) is 0.625. The number of carbonyl (C=O) groups is 1. The summed E-state index contributed by atoms with van der Waals surface area (Å²) >= 11 is 0. The van der Waals surface area contributed by atoms with Crippen LogP contribution in [0.15, 0.2) is 42.5 Å². The molecule has 1 N–H and O–H groups in total. The van der Waals surface area contributed by atoms with E-state index in [1.165, 1.54) is 12.8 Å². The molecule has 0 atom stereocenters. The van der Waals surface area contributed by atoms with E-state index in [-0.39, 0.29) is 5.91 Å². The van der Waals surface area contributed by atoms with Gasteiger partial charge in [-0.25, -0.2) is 0 Å². The van der Waals surface area contributed by atoms with Gasteiger partial charge >= 0.3 is 0 Å². The van der Waals surface area contributed by atoms with Gasteiger partial charge in [0.05, 0.1) is 0 Å². The zero-order chi connectivity index (χ0) is 17.2. The number of aromatic nitrogens is 2. The zero-order valence-electron chi connectivity index (χ0n) is 14.5. The summed E-state index contributed by atoms with van der Waals surface area (Å²) in [7, 11) is 0. The Bertz CT molecular complexity index is 613. The number of nitrogens with one attached hydrogen (secondary N) is 1. The van der Waals surface area contributed by atoms with Crippen molar-refractivity contribution < 1.29 is 4.79 Å². The second-order valence-corrected chi connectivity index (χ2v) is 5.74. The topological polar surface area (TPSA) is 58.1 Å². The van der Waals surface area contributed by atoms with Crippen molar-refractivity contribution in [3.05, 3.63) is 53.7 Å². The molecule has 5 heteroatoms. The van der Waals surface area contributed by atoms with Crippen LogP contribution in [0.3, 0.4) is 0 Å². The summed E-state index contributed by atoms with van der Waals surface area (Å²) in [6.45, 7) is 6.24. The number of benzene rings is 1. The predicted octanol–water partition coefficient (Wildman–Crippen LogP) is 3.74. The zero-order valence-corrected chi connectivity index (χ0v) is 14.5. The minimum Gasteiger partial charge on any atom is -0.369 e. The predicted molar refractivity (Wildman–Crippen MR) is 96.9 cm³/mol. The molecule has 0 unspecified atom stereocenters. The lowest BCUT2D eigenvalue weighted by Gasteiger charge is -2.20. The van der Waals surface area contributed by atoms with Crippen molar-refractivity contribution in [3.8, 4) is 0 Å². The van der Waals surface area contributed by atoms with Crippen LogP contribution in [0.1, 0.15) is 49.2 Å². The summed E-state index contributed by atoms with van der Waals surface area (Å²) in [6, 6.07) is 13.5. The van der Waals surface area contributed by atoms with Crippen LogP contribution in [-0.2, 0) is 6.54 Å². The molecule has 1 amide bonds. The van der Waals surface area contributed by atoms with Crippen LogP contribution in [0.2, 0.25) is 0 Å². The number of hydrogen-bond acceptors (Lipinski definition) is 4. The van der Waals surface area contributed by atoms with E-state index in [1.807, 2.05) is 43.3 Å². The lowest BCUT2D eigenvalue weighted by Crippen LogP contribution is -2.31. The monoisotopic (exact) mass is 326 g/mol. The highest BCUT2D eigenvalue weighted by molar-refractivity contribution is 5.92. The summed E-state index contributed by atoms with van der Waals surface area (Å²) in [6.07, 6.45) is 3.50. The molecule has 0 fully saturated rings. The summed E-state index contributed by atoms with van der Waals surface area (Å²) in [5, 5.41) is 11.4. The Labute approximate surface area is 144 Å². The number of amides is 1. The smallest absolute Gasteiger partial charge is 0.274 e. The fourth-order valence-corrected chi connectivity index (χ4v) is 2.43. The van der Waals surface area contributed by atoms with Gasteiger partial charge in [-0.3, -0.25) is 4.79 Å². The van der Waals surface area contributed by atoms with Crippen LogP contribution in [0.25, 0.3) is 0 Å². The van der Waals surface area contributed by atoms with Crippen LogP contribution in [0.5, 0.6) is 0 Å². The molecular formula is C19H26N4O. The average Bonchev–Trinajstić information content (AvgIpc) is 2.64. The van der Waals surface area contributed by atoms with Crippen LogP contribution in [0, 0.1) is 0 Å². The molecule has 2 rings (SSSR count). The molecule has 0 bridgehead atoms. The summed E-state index contributed by atoms with van der Waals surface area (Å²) in [5.41, 5.74) is 1.49. The first kappa shape index (κ1) is 17.9. The Morgan fingerprint density at radius 2 is 1.83 bits per heavy atom. The van der Waals surface area contributed by atoms with Gasteiger partial charge in [-0.1, -0.05) is 50.1 Å². The van der Waals surface area contributed by atoms with Gasteiger partial charge in [-0.05, 0) is 31.0 Å². The van der Waals surface area contributed by atoms with Crippen molar-refractivity contribution in [3.63, 3.8) is 0 Å². The van der Waals surface area contributed by atoms with Gasteiger partial charge < -0.3 is 10.2 Å². The molecule has 0 saturated heterocycles.